The monoisotopic (exact) mass is 307 g/mol. The maximum atomic E-state index is 12.7. The highest BCUT2D eigenvalue weighted by Gasteiger charge is 2.42. The smallest absolute Gasteiger partial charge is 0.320 e. The minimum atomic E-state index is -4.38. The van der Waals surface area contributed by atoms with E-state index in [9.17, 15) is 26.0 Å². The summed E-state index contributed by atoms with van der Waals surface area (Å²) in [7, 11) is -4.18. The van der Waals surface area contributed by atoms with Crippen LogP contribution in [0, 0.1) is 5.92 Å². The van der Waals surface area contributed by atoms with Crippen molar-refractivity contribution in [3.63, 3.8) is 0 Å². The normalized spacial score (nSPS) is 22.9. The molecule has 0 saturated carbocycles. The summed E-state index contributed by atoms with van der Waals surface area (Å²) in [6, 6.07) is 0. The van der Waals surface area contributed by atoms with Crippen LogP contribution in [0.4, 0.5) is 17.6 Å². The molecular formula is C9H17F4N3O2S. The molecule has 1 atom stereocenters. The molecule has 0 amide bonds. The van der Waals surface area contributed by atoms with E-state index in [2.05, 4.69) is 0 Å². The Hall–Kier alpha value is -0.450. The summed E-state index contributed by atoms with van der Waals surface area (Å²) in [6.45, 7) is -1.03. The van der Waals surface area contributed by atoms with Crippen molar-refractivity contribution in [1.82, 2.24) is 9.03 Å². The van der Waals surface area contributed by atoms with Crippen LogP contribution in [0.5, 0.6) is 0 Å². The Morgan fingerprint density at radius 2 is 2.05 bits per heavy atom. The minimum Gasteiger partial charge on any atom is -0.330 e. The molecule has 0 radical (unpaired) electrons. The molecule has 0 aliphatic carbocycles. The quantitative estimate of drug-likeness (QED) is 0.697. The van der Waals surface area contributed by atoms with Gasteiger partial charge in [-0.25, -0.2) is 8.78 Å². The molecule has 0 aromatic rings. The summed E-state index contributed by atoms with van der Waals surface area (Å²) < 4.78 is 75.1. The lowest BCUT2D eigenvalue weighted by Crippen LogP contribution is -2.50. The first-order valence-electron chi connectivity index (χ1n) is 5.80. The van der Waals surface area contributed by atoms with Gasteiger partial charge in [0.15, 0.2) is 0 Å². The van der Waals surface area contributed by atoms with Crippen molar-refractivity contribution in [1.29, 1.82) is 0 Å². The summed E-state index contributed by atoms with van der Waals surface area (Å²) in [4.78, 5) is 0. The van der Waals surface area contributed by atoms with Crippen LogP contribution in [0.2, 0.25) is 0 Å². The minimum absolute atomic E-state index is 0.0408. The van der Waals surface area contributed by atoms with E-state index in [0.29, 0.717) is 13.0 Å². The van der Waals surface area contributed by atoms with Crippen molar-refractivity contribution >= 4 is 10.2 Å². The molecule has 1 rings (SSSR count). The lowest BCUT2D eigenvalue weighted by Gasteiger charge is -2.31. The fourth-order valence-corrected chi connectivity index (χ4v) is 3.13. The van der Waals surface area contributed by atoms with E-state index in [1.54, 1.807) is 0 Å². The summed E-state index contributed by atoms with van der Waals surface area (Å²) in [6.07, 6.45) is -2.59. The fourth-order valence-electron chi connectivity index (χ4n) is 1.79. The van der Waals surface area contributed by atoms with Gasteiger partial charge in [-0.1, -0.05) is 0 Å². The van der Waals surface area contributed by atoms with Gasteiger partial charge in [-0.15, -0.1) is 0 Å². The zero-order valence-electron chi connectivity index (χ0n) is 10.2. The van der Waals surface area contributed by atoms with E-state index < -0.39 is 29.1 Å². The van der Waals surface area contributed by atoms with Crippen LogP contribution in [0.1, 0.15) is 12.8 Å². The van der Waals surface area contributed by atoms with Crippen LogP contribution in [0.25, 0.3) is 0 Å². The predicted molar refractivity (Wildman–Crippen MR) is 61.2 cm³/mol. The van der Waals surface area contributed by atoms with E-state index in [1.807, 2.05) is 0 Å². The van der Waals surface area contributed by atoms with Gasteiger partial charge in [0.2, 0.25) is 0 Å². The van der Waals surface area contributed by atoms with E-state index in [1.165, 1.54) is 4.72 Å². The number of hydrogen-bond acceptors (Lipinski definition) is 3. The number of halogens is 4. The number of rotatable bonds is 6. The number of hydrogen-bond donors (Lipinski definition) is 2. The average Bonchev–Trinajstić information content (AvgIpc) is 2.36. The Morgan fingerprint density at radius 3 is 2.58 bits per heavy atom. The van der Waals surface area contributed by atoms with Crippen LogP contribution in [0.3, 0.4) is 0 Å². The first kappa shape index (κ1) is 16.6. The van der Waals surface area contributed by atoms with Crippen molar-refractivity contribution in [2.45, 2.75) is 25.2 Å². The Kier molecular flexibility index (Phi) is 5.53. The third kappa shape index (κ3) is 4.55. The van der Waals surface area contributed by atoms with Crippen LogP contribution in [-0.4, -0.2) is 51.3 Å². The zero-order chi connectivity index (χ0) is 14.7. The molecule has 1 unspecified atom stereocenters. The number of nitrogens with zero attached hydrogens (tertiary/aromatic N) is 1. The molecule has 5 nitrogen and oxygen atoms in total. The number of nitrogens with two attached hydrogens (primary N) is 1. The van der Waals surface area contributed by atoms with Crippen molar-refractivity contribution < 1.29 is 26.0 Å². The maximum absolute atomic E-state index is 12.7. The van der Waals surface area contributed by atoms with Gasteiger partial charge in [0.1, 0.15) is 0 Å². The Balaban J connectivity index is 2.61. The summed E-state index contributed by atoms with van der Waals surface area (Å²) in [5.74, 6) is -4.42. The van der Waals surface area contributed by atoms with E-state index in [0.717, 1.165) is 10.7 Å². The van der Waals surface area contributed by atoms with Crippen molar-refractivity contribution in [3.05, 3.63) is 0 Å². The van der Waals surface area contributed by atoms with Crippen LogP contribution < -0.4 is 10.5 Å². The molecule has 1 aliphatic rings. The van der Waals surface area contributed by atoms with Gasteiger partial charge in [-0.2, -0.15) is 26.2 Å². The molecule has 1 fully saturated rings. The second-order valence-electron chi connectivity index (χ2n) is 4.49. The molecule has 10 heteroatoms. The molecule has 0 spiro atoms. The Labute approximate surface area is 109 Å². The topological polar surface area (TPSA) is 75.4 Å². The summed E-state index contributed by atoms with van der Waals surface area (Å²) in [5.41, 5.74) is 5.43. The molecule has 3 N–H and O–H groups in total. The highest BCUT2D eigenvalue weighted by molar-refractivity contribution is 7.87. The lowest BCUT2D eigenvalue weighted by molar-refractivity contribution is -0.122. The van der Waals surface area contributed by atoms with Gasteiger partial charge in [0.25, 0.3) is 10.2 Å². The number of piperidine rings is 1. The molecule has 0 bridgehead atoms. The van der Waals surface area contributed by atoms with Gasteiger partial charge in [0, 0.05) is 13.1 Å². The first-order chi connectivity index (χ1) is 8.69. The second-order valence-corrected chi connectivity index (χ2v) is 6.25. The largest absolute Gasteiger partial charge is 0.330 e. The third-order valence-corrected chi connectivity index (χ3v) is 4.49. The lowest BCUT2D eigenvalue weighted by atomic mass is 10.0. The molecule has 114 valence electrons. The Morgan fingerprint density at radius 1 is 1.42 bits per heavy atom. The standard InChI is InChI=1S/C9H17F4N3O2S/c10-8(11)9(12,13)6-15-19(17,18)16-3-1-2-7(4-14)5-16/h7-8,15H,1-6,14H2. The molecular weight excluding hydrogens is 290 g/mol. The molecule has 1 heterocycles. The SMILES string of the molecule is NCC1CCCN(S(=O)(=O)NCC(F)(F)C(F)F)C1. The van der Waals surface area contributed by atoms with E-state index >= 15 is 0 Å². The van der Waals surface area contributed by atoms with Crippen molar-refractivity contribution in [2.24, 2.45) is 11.7 Å². The fraction of sp³-hybridized carbons (Fsp3) is 1.00. The first-order valence-corrected chi connectivity index (χ1v) is 7.24. The van der Waals surface area contributed by atoms with Crippen LogP contribution in [0.15, 0.2) is 0 Å². The summed E-state index contributed by atoms with van der Waals surface area (Å²) >= 11 is 0. The average molecular weight is 307 g/mol. The third-order valence-electron chi connectivity index (χ3n) is 2.96. The van der Waals surface area contributed by atoms with Crippen molar-refractivity contribution in [3.8, 4) is 0 Å². The molecule has 0 aromatic carbocycles. The van der Waals surface area contributed by atoms with E-state index in [-0.39, 0.29) is 19.0 Å². The van der Waals surface area contributed by atoms with Gasteiger partial charge < -0.3 is 5.73 Å². The zero-order valence-corrected chi connectivity index (χ0v) is 11.0. The molecule has 1 aliphatic heterocycles. The number of alkyl halides is 4. The van der Waals surface area contributed by atoms with Gasteiger partial charge in [0.05, 0.1) is 6.54 Å². The van der Waals surface area contributed by atoms with Crippen molar-refractivity contribution in [2.75, 3.05) is 26.2 Å². The second kappa shape index (κ2) is 6.33. The molecule has 1 saturated heterocycles. The van der Waals surface area contributed by atoms with E-state index in [4.69, 9.17) is 5.73 Å². The van der Waals surface area contributed by atoms with Gasteiger partial charge in [-0.3, -0.25) is 0 Å². The highest BCUT2D eigenvalue weighted by atomic mass is 32.2. The molecule has 19 heavy (non-hydrogen) atoms. The maximum Gasteiger partial charge on any atom is 0.320 e. The molecule has 0 aromatic heterocycles. The van der Waals surface area contributed by atoms with Crippen LogP contribution in [-0.2, 0) is 10.2 Å². The van der Waals surface area contributed by atoms with Gasteiger partial charge in [-0.05, 0) is 25.3 Å². The van der Waals surface area contributed by atoms with Crippen LogP contribution >= 0.6 is 0 Å². The predicted octanol–water partition coefficient (Wildman–Crippen LogP) is 0.392. The summed E-state index contributed by atoms with van der Waals surface area (Å²) in [5, 5.41) is 0. The van der Waals surface area contributed by atoms with Gasteiger partial charge >= 0.3 is 12.3 Å². The number of nitrogens with one attached hydrogen (secondary N) is 1. The Bertz CT molecular complexity index is 391. The highest BCUT2D eigenvalue weighted by Crippen LogP contribution is 2.23.